The summed E-state index contributed by atoms with van der Waals surface area (Å²) >= 11 is 3.19. The quantitative estimate of drug-likeness (QED) is 0.762. The third-order valence-corrected chi connectivity index (χ3v) is 4.87. The highest BCUT2D eigenvalue weighted by atomic mass is 32.1. The van der Waals surface area contributed by atoms with Gasteiger partial charge in [-0.1, -0.05) is 6.07 Å². The standard InChI is InChI=1S/C14H15N3OS2/c1-9(7-10-3-2-5-19-10)15-8-12-16-11-4-6-20-13(11)14(18)17-12/h2-6,9,15H,7-8H2,1H3,(H,16,17,18). The van der Waals surface area contributed by atoms with Crippen molar-refractivity contribution in [2.24, 2.45) is 0 Å². The highest BCUT2D eigenvalue weighted by Crippen LogP contribution is 2.14. The van der Waals surface area contributed by atoms with Crippen LogP contribution in [0.2, 0.25) is 0 Å². The van der Waals surface area contributed by atoms with Crippen molar-refractivity contribution in [1.29, 1.82) is 0 Å². The summed E-state index contributed by atoms with van der Waals surface area (Å²) in [6.45, 7) is 2.72. The van der Waals surface area contributed by atoms with E-state index in [2.05, 4.69) is 39.7 Å². The minimum absolute atomic E-state index is 0.0484. The normalized spacial score (nSPS) is 12.8. The lowest BCUT2D eigenvalue weighted by Crippen LogP contribution is -2.29. The van der Waals surface area contributed by atoms with Crippen molar-refractivity contribution in [1.82, 2.24) is 15.3 Å². The summed E-state index contributed by atoms with van der Waals surface area (Å²) in [5, 5.41) is 7.38. The Labute approximate surface area is 124 Å². The Morgan fingerprint density at radius 1 is 1.35 bits per heavy atom. The predicted octanol–water partition coefficient (Wildman–Crippen LogP) is 2.77. The Bertz CT molecular complexity index is 745. The molecule has 3 aromatic rings. The number of hydrogen-bond acceptors (Lipinski definition) is 5. The van der Waals surface area contributed by atoms with Gasteiger partial charge in [0.1, 0.15) is 10.5 Å². The smallest absolute Gasteiger partial charge is 0.268 e. The van der Waals surface area contributed by atoms with E-state index >= 15 is 0 Å². The van der Waals surface area contributed by atoms with Gasteiger partial charge in [0.2, 0.25) is 0 Å². The molecular formula is C14H15N3OS2. The van der Waals surface area contributed by atoms with E-state index in [4.69, 9.17) is 0 Å². The molecule has 3 aromatic heterocycles. The fourth-order valence-electron chi connectivity index (χ4n) is 2.08. The molecule has 6 heteroatoms. The monoisotopic (exact) mass is 305 g/mol. The van der Waals surface area contributed by atoms with E-state index in [1.54, 1.807) is 11.3 Å². The van der Waals surface area contributed by atoms with E-state index in [-0.39, 0.29) is 5.56 Å². The van der Waals surface area contributed by atoms with Gasteiger partial charge in [-0.25, -0.2) is 4.98 Å². The van der Waals surface area contributed by atoms with Crippen molar-refractivity contribution < 1.29 is 0 Å². The summed E-state index contributed by atoms with van der Waals surface area (Å²) in [5.41, 5.74) is 0.731. The summed E-state index contributed by atoms with van der Waals surface area (Å²) in [5.74, 6) is 0.693. The van der Waals surface area contributed by atoms with Gasteiger partial charge in [0, 0.05) is 10.9 Å². The van der Waals surface area contributed by atoms with Crippen LogP contribution in [-0.4, -0.2) is 16.0 Å². The highest BCUT2D eigenvalue weighted by molar-refractivity contribution is 7.17. The predicted molar refractivity (Wildman–Crippen MR) is 84.6 cm³/mol. The molecule has 3 rings (SSSR count). The van der Waals surface area contributed by atoms with Gasteiger partial charge in [-0.3, -0.25) is 4.79 Å². The van der Waals surface area contributed by atoms with Crippen LogP contribution in [0.4, 0.5) is 0 Å². The van der Waals surface area contributed by atoms with Gasteiger partial charge < -0.3 is 10.3 Å². The van der Waals surface area contributed by atoms with Crippen molar-refractivity contribution in [2.45, 2.75) is 25.9 Å². The second-order valence-corrected chi connectivity index (χ2v) is 6.66. The molecule has 2 N–H and O–H groups in total. The van der Waals surface area contributed by atoms with Crippen LogP contribution in [0.15, 0.2) is 33.8 Å². The Hall–Kier alpha value is -1.50. The molecule has 0 aliphatic rings. The first-order chi connectivity index (χ1) is 9.72. The molecule has 0 saturated carbocycles. The lowest BCUT2D eigenvalue weighted by Gasteiger charge is -2.12. The molecule has 3 heterocycles. The van der Waals surface area contributed by atoms with Crippen LogP contribution in [0.3, 0.4) is 0 Å². The Morgan fingerprint density at radius 2 is 2.25 bits per heavy atom. The zero-order valence-electron chi connectivity index (χ0n) is 11.1. The van der Waals surface area contributed by atoms with E-state index in [1.807, 2.05) is 11.4 Å². The summed E-state index contributed by atoms with van der Waals surface area (Å²) in [6, 6.07) is 6.43. The highest BCUT2D eigenvalue weighted by Gasteiger charge is 2.07. The van der Waals surface area contributed by atoms with Gasteiger partial charge in [-0.2, -0.15) is 0 Å². The SMILES string of the molecule is CC(Cc1cccs1)NCc1nc2ccsc2c(=O)[nH]1. The zero-order valence-corrected chi connectivity index (χ0v) is 12.7. The molecule has 0 saturated heterocycles. The number of aromatic nitrogens is 2. The first kappa shape index (κ1) is 13.5. The minimum Gasteiger partial charge on any atom is -0.308 e. The third kappa shape index (κ3) is 2.98. The molecule has 0 aromatic carbocycles. The van der Waals surface area contributed by atoms with Crippen LogP contribution < -0.4 is 10.9 Å². The zero-order chi connectivity index (χ0) is 13.9. The lowest BCUT2D eigenvalue weighted by molar-refractivity contribution is 0.536. The molecule has 0 aliphatic carbocycles. The first-order valence-corrected chi connectivity index (χ1v) is 8.20. The number of thiophene rings is 2. The summed E-state index contributed by atoms with van der Waals surface area (Å²) in [6.07, 6.45) is 0.989. The lowest BCUT2D eigenvalue weighted by atomic mass is 10.2. The van der Waals surface area contributed by atoms with Crippen LogP contribution in [-0.2, 0) is 13.0 Å². The van der Waals surface area contributed by atoms with E-state index in [0.29, 0.717) is 23.1 Å². The van der Waals surface area contributed by atoms with Gasteiger partial charge in [0.05, 0.1) is 12.1 Å². The summed E-state index contributed by atoms with van der Waals surface area (Å²) < 4.78 is 0.695. The number of nitrogens with one attached hydrogen (secondary N) is 2. The fourth-order valence-corrected chi connectivity index (χ4v) is 3.64. The number of nitrogens with zero attached hydrogens (tertiary/aromatic N) is 1. The van der Waals surface area contributed by atoms with E-state index in [1.165, 1.54) is 16.2 Å². The van der Waals surface area contributed by atoms with E-state index < -0.39 is 0 Å². The number of hydrogen-bond donors (Lipinski definition) is 2. The van der Waals surface area contributed by atoms with Gasteiger partial charge in [0.15, 0.2) is 0 Å². The molecule has 1 unspecified atom stereocenters. The second-order valence-electron chi connectivity index (χ2n) is 4.71. The van der Waals surface area contributed by atoms with Crippen LogP contribution in [0.5, 0.6) is 0 Å². The average molecular weight is 305 g/mol. The molecule has 0 spiro atoms. The van der Waals surface area contributed by atoms with Crippen molar-refractivity contribution in [3.63, 3.8) is 0 Å². The molecule has 4 nitrogen and oxygen atoms in total. The molecular weight excluding hydrogens is 290 g/mol. The first-order valence-electron chi connectivity index (χ1n) is 6.44. The van der Waals surface area contributed by atoms with Crippen LogP contribution in [0.1, 0.15) is 17.6 Å². The molecule has 104 valence electrons. The number of fused-ring (bicyclic) bond motifs is 1. The fraction of sp³-hybridized carbons (Fsp3) is 0.286. The van der Waals surface area contributed by atoms with Gasteiger partial charge in [-0.15, -0.1) is 22.7 Å². The topological polar surface area (TPSA) is 57.8 Å². The largest absolute Gasteiger partial charge is 0.308 e. The Morgan fingerprint density at radius 3 is 3.05 bits per heavy atom. The maximum absolute atomic E-state index is 11.9. The maximum atomic E-state index is 11.9. The van der Waals surface area contributed by atoms with Gasteiger partial charge in [-0.05, 0) is 36.2 Å². The molecule has 0 aliphatic heterocycles. The van der Waals surface area contributed by atoms with Crippen LogP contribution in [0, 0.1) is 0 Å². The summed E-state index contributed by atoms with van der Waals surface area (Å²) in [7, 11) is 0. The van der Waals surface area contributed by atoms with E-state index in [9.17, 15) is 4.79 Å². The Kier molecular flexibility index (Phi) is 3.95. The van der Waals surface area contributed by atoms with Crippen molar-refractivity contribution in [3.8, 4) is 0 Å². The summed E-state index contributed by atoms with van der Waals surface area (Å²) in [4.78, 5) is 20.5. The number of aromatic amines is 1. The molecule has 0 bridgehead atoms. The molecule has 20 heavy (non-hydrogen) atoms. The van der Waals surface area contributed by atoms with Crippen molar-refractivity contribution >= 4 is 32.9 Å². The number of rotatable bonds is 5. The average Bonchev–Trinajstić information content (AvgIpc) is 3.07. The Balaban J connectivity index is 1.66. The molecule has 0 amide bonds. The second kappa shape index (κ2) is 5.87. The molecule has 1 atom stereocenters. The van der Waals surface area contributed by atoms with Crippen LogP contribution in [0.25, 0.3) is 10.2 Å². The van der Waals surface area contributed by atoms with Crippen molar-refractivity contribution in [3.05, 3.63) is 50.0 Å². The van der Waals surface area contributed by atoms with Crippen LogP contribution >= 0.6 is 22.7 Å². The maximum Gasteiger partial charge on any atom is 0.268 e. The number of H-pyrrole nitrogens is 1. The third-order valence-electron chi connectivity index (χ3n) is 3.07. The van der Waals surface area contributed by atoms with E-state index in [0.717, 1.165) is 11.9 Å². The minimum atomic E-state index is -0.0484. The molecule has 0 fully saturated rings. The van der Waals surface area contributed by atoms with Gasteiger partial charge >= 0.3 is 0 Å². The van der Waals surface area contributed by atoms with Gasteiger partial charge in [0.25, 0.3) is 5.56 Å². The van der Waals surface area contributed by atoms with Crippen molar-refractivity contribution in [2.75, 3.05) is 0 Å². The molecule has 0 radical (unpaired) electrons.